The van der Waals surface area contributed by atoms with Crippen molar-refractivity contribution in [2.75, 3.05) is 26.4 Å². The summed E-state index contributed by atoms with van der Waals surface area (Å²) in [6.07, 6.45) is 2.14. The smallest absolute Gasteiger partial charge is 0.287 e. The van der Waals surface area contributed by atoms with Crippen molar-refractivity contribution in [1.29, 1.82) is 0 Å². The van der Waals surface area contributed by atoms with E-state index in [9.17, 15) is 20.0 Å². The molecule has 0 aliphatic carbocycles. The molecule has 0 bridgehead atoms. The van der Waals surface area contributed by atoms with E-state index in [2.05, 4.69) is 0 Å². The second-order valence-corrected chi connectivity index (χ2v) is 4.94. The summed E-state index contributed by atoms with van der Waals surface area (Å²) in [6.45, 7) is 3.32. The van der Waals surface area contributed by atoms with E-state index in [1.54, 1.807) is 4.57 Å². The summed E-state index contributed by atoms with van der Waals surface area (Å²) in [6, 6.07) is 0.886. The second-order valence-electron chi connectivity index (χ2n) is 4.94. The van der Waals surface area contributed by atoms with Gasteiger partial charge in [0.05, 0.1) is 37.0 Å². The molecule has 1 aromatic heterocycles. The first-order valence-corrected chi connectivity index (χ1v) is 6.92. The third-order valence-electron chi connectivity index (χ3n) is 3.48. The van der Waals surface area contributed by atoms with Gasteiger partial charge in [0.1, 0.15) is 5.69 Å². The Morgan fingerprint density at radius 3 is 3.00 bits per heavy atom. The summed E-state index contributed by atoms with van der Waals surface area (Å²) in [4.78, 5) is 24.5. The van der Waals surface area contributed by atoms with E-state index >= 15 is 0 Å². The Morgan fingerprint density at radius 2 is 2.38 bits per heavy atom. The van der Waals surface area contributed by atoms with Gasteiger partial charge in [0.2, 0.25) is 0 Å². The average molecular weight is 297 g/mol. The maximum absolute atomic E-state index is 12.6. The van der Waals surface area contributed by atoms with Crippen LogP contribution in [-0.2, 0) is 11.3 Å². The molecule has 1 saturated heterocycles. The highest BCUT2D eigenvalue weighted by Gasteiger charge is 2.30. The van der Waals surface area contributed by atoms with Crippen LogP contribution in [0.25, 0.3) is 0 Å². The minimum atomic E-state index is -0.508. The Labute approximate surface area is 122 Å². The number of ether oxygens (including phenoxy) is 1. The van der Waals surface area contributed by atoms with Gasteiger partial charge in [-0.2, -0.15) is 0 Å². The Hall–Kier alpha value is -1.93. The molecule has 1 N–H and O–H groups in total. The van der Waals surface area contributed by atoms with Crippen molar-refractivity contribution in [2.24, 2.45) is 0 Å². The van der Waals surface area contributed by atoms with Gasteiger partial charge in [0.15, 0.2) is 0 Å². The molecule has 2 rings (SSSR count). The molecule has 2 heterocycles. The molecular weight excluding hydrogens is 278 g/mol. The van der Waals surface area contributed by atoms with Gasteiger partial charge in [-0.3, -0.25) is 14.9 Å². The van der Waals surface area contributed by atoms with Crippen LogP contribution >= 0.6 is 0 Å². The predicted molar refractivity (Wildman–Crippen MR) is 74.1 cm³/mol. The Bertz CT molecular complexity index is 528. The number of aliphatic hydroxyl groups is 1. The van der Waals surface area contributed by atoms with Crippen LogP contribution in [0.4, 0.5) is 5.69 Å². The fraction of sp³-hybridized carbons (Fsp3) is 0.615. The van der Waals surface area contributed by atoms with E-state index in [4.69, 9.17) is 4.74 Å². The lowest BCUT2D eigenvalue weighted by Crippen LogP contribution is -2.50. The van der Waals surface area contributed by atoms with Crippen molar-refractivity contribution in [1.82, 2.24) is 9.47 Å². The summed E-state index contributed by atoms with van der Waals surface area (Å²) in [5, 5.41) is 20.2. The predicted octanol–water partition coefficient (Wildman–Crippen LogP) is 0.640. The number of nitro groups is 1. The zero-order valence-corrected chi connectivity index (χ0v) is 11.9. The fourth-order valence-corrected chi connectivity index (χ4v) is 2.42. The van der Waals surface area contributed by atoms with E-state index in [1.807, 2.05) is 6.92 Å². The number of carbonyl (C=O) groups is 1. The van der Waals surface area contributed by atoms with Crippen molar-refractivity contribution in [2.45, 2.75) is 25.9 Å². The molecule has 1 fully saturated rings. The highest BCUT2D eigenvalue weighted by atomic mass is 16.6. The van der Waals surface area contributed by atoms with Crippen LogP contribution in [0.3, 0.4) is 0 Å². The van der Waals surface area contributed by atoms with Crippen LogP contribution in [0.5, 0.6) is 0 Å². The second kappa shape index (κ2) is 6.68. The molecule has 0 aromatic carbocycles. The zero-order valence-electron chi connectivity index (χ0n) is 11.9. The van der Waals surface area contributed by atoms with Crippen molar-refractivity contribution >= 4 is 11.6 Å². The minimum absolute atomic E-state index is 0.0967. The lowest BCUT2D eigenvalue weighted by molar-refractivity contribution is -0.384. The molecule has 8 heteroatoms. The maximum Gasteiger partial charge on any atom is 0.287 e. The Kier molecular flexibility index (Phi) is 4.92. The molecule has 1 aromatic rings. The lowest BCUT2D eigenvalue weighted by Gasteiger charge is -2.34. The number of aryl methyl sites for hydroxylation is 1. The molecule has 8 nitrogen and oxygen atoms in total. The first-order chi connectivity index (χ1) is 10.1. The SMILES string of the molecule is CCCn1cc([N+](=O)[O-])cc1C(=O)N1CCOCC1CO. The maximum atomic E-state index is 12.6. The van der Waals surface area contributed by atoms with Crippen LogP contribution in [0.15, 0.2) is 12.3 Å². The average Bonchev–Trinajstić information content (AvgIpc) is 2.91. The summed E-state index contributed by atoms with van der Waals surface area (Å²) in [7, 11) is 0. The number of nitrogens with zero attached hydrogens (tertiary/aromatic N) is 3. The summed E-state index contributed by atoms with van der Waals surface area (Å²) < 4.78 is 6.84. The molecule has 21 heavy (non-hydrogen) atoms. The fourth-order valence-electron chi connectivity index (χ4n) is 2.42. The Balaban J connectivity index is 2.30. The number of hydrogen-bond acceptors (Lipinski definition) is 5. The monoisotopic (exact) mass is 297 g/mol. The van der Waals surface area contributed by atoms with Gasteiger partial charge < -0.3 is 19.3 Å². The van der Waals surface area contributed by atoms with E-state index in [-0.39, 0.29) is 30.5 Å². The molecule has 1 aliphatic rings. The molecular formula is C13H19N3O5. The van der Waals surface area contributed by atoms with Gasteiger partial charge in [0, 0.05) is 19.2 Å². The van der Waals surface area contributed by atoms with Gasteiger partial charge in [-0.1, -0.05) is 6.92 Å². The number of hydrogen-bond donors (Lipinski definition) is 1. The van der Waals surface area contributed by atoms with Crippen LogP contribution in [0.1, 0.15) is 23.8 Å². The van der Waals surface area contributed by atoms with E-state index in [0.717, 1.165) is 6.42 Å². The van der Waals surface area contributed by atoms with Crippen LogP contribution in [0, 0.1) is 10.1 Å². The summed E-state index contributed by atoms with van der Waals surface area (Å²) in [5.41, 5.74) is 0.185. The number of amides is 1. The zero-order chi connectivity index (χ0) is 15.4. The molecule has 116 valence electrons. The van der Waals surface area contributed by atoms with E-state index in [0.29, 0.717) is 19.7 Å². The van der Waals surface area contributed by atoms with Crippen molar-refractivity contribution in [3.63, 3.8) is 0 Å². The van der Waals surface area contributed by atoms with Crippen molar-refractivity contribution in [3.8, 4) is 0 Å². The van der Waals surface area contributed by atoms with Crippen molar-refractivity contribution < 1.29 is 19.6 Å². The highest BCUT2D eigenvalue weighted by Crippen LogP contribution is 2.20. The number of carbonyl (C=O) groups excluding carboxylic acids is 1. The highest BCUT2D eigenvalue weighted by molar-refractivity contribution is 5.94. The largest absolute Gasteiger partial charge is 0.394 e. The number of aromatic nitrogens is 1. The standard InChI is InChI=1S/C13H19N3O5/c1-2-3-14-7-10(16(19)20)6-12(14)13(18)15-4-5-21-9-11(15)8-17/h6-7,11,17H,2-5,8-9H2,1H3. The van der Waals surface area contributed by atoms with E-state index < -0.39 is 11.0 Å². The number of morpholine rings is 1. The van der Waals surface area contributed by atoms with Crippen LogP contribution in [0.2, 0.25) is 0 Å². The lowest BCUT2D eigenvalue weighted by atomic mass is 10.2. The molecule has 1 atom stereocenters. The van der Waals surface area contributed by atoms with Crippen molar-refractivity contribution in [3.05, 3.63) is 28.1 Å². The van der Waals surface area contributed by atoms with Gasteiger partial charge in [0.25, 0.3) is 11.6 Å². The third-order valence-corrected chi connectivity index (χ3v) is 3.48. The number of aliphatic hydroxyl groups excluding tert-OH is 1. The molecule has 0 spiro atoms. The first-order valence-electron chi connectivity index (χ1n) is 6.92. The third kappa shape index (κ3) is 3.22. The normalized spacial score (nSPS) is 18.8. The van der Waals surface area contributed by atoms with Gasteiger partial charge in [-0.25, -0.2) is 0 Å². The van der Waals surface area contributed by atoms with Crippen LogP contribution in [-0.4, -0.2) is 57.8 Å². The minimum Gasteiger partial charge on any atom is -0.394 e. The van der Waals surface area contributed by atoms with Gasteiger partial charge in [-0.15, -0.1) is 0 Å². The topological polar surface area (TPSA) is 97.8 Å². The van der Waals surface area contributed by atoms with E-state index in [1.165, 1.54) is 17.2 Å². The first kappa shape index (κ1) is 15.5. The summed E-state index contributed by atoms with van der Waals surface area (Å²) >= 11 is 0. The molecule has 1 aliphatic heterocycles. The number of rotatable bonds is 5. The van der Waals surface area contributed by atoms with Gasteiger partial charge >= 0.3 is 0 Å². The molecule has 1 unspecified atom stereocenters. The quantitative estimate of drug-likeness (QED) is 0.635. The molecule has 1 amide bonds. The summed E-state index contributed by atoms with van der Waals surface area (Å²) in [5.74, 6) is -0.307. The molecule has 0 saturated carbocycles. The Morgan fingerprint density at radius 1 is 1.62 bits per heavy atom. The van der Waals surface area contributed by atoms with Crippen LogP contribution < -0.4 is 0 Å². The molecule has 0 radical (unpaired) electrons. The van der Waals surface area contributed by atoms with Gasteiger partial charge in [-0.05, 0) is 6.42 Å².